The first-order valence-corrected chi connectivity index (χ1v) is 7.35. The maximum atomic E-state index is 4.36. The van der Waals surface area contributed by atoms with Crippen molar-refractivity contribution >= 4 is 0 Å². The van der Waals surface area contributed by atoms with Crippen molar-refractivity contribution in [3.63, 3.8) is 0 Å². The van der Waals surface area contributed by atoms with E-state index in [1.54, 1.807) is 0 Å². The Balaban J connectivity index is 2.21. The minimum absolute atomic E-state index is 0.475. The fourth-order valence-corrected chi connectivity index (χ4v) is 3.56. The summed E-state index contributed by atoms with van der Waals surface area (Å²) in [5, 5.41) is 3.54. The zero-order chi connectivity index (χ0) is 13.0. The van der Waals surface area contributed by atoms with E-state index < -0.39 is 0 Å². The van der Waals surface area contributed by atoms with Gasteiger partial charge in [-0.2, -0.15) is 0 Å². The van der Waals surface area contributed by atoms with Crippen LogP contribution in [0.5, 0.6) is 0 Å². The molecule has 1 fully saturated rings. The van der Waals surface area contributed by atoms with Gasteiger partial charge >= 0.3 is 0 Å². The van der Waals surface area contributed by atoms with Crippen LogP contribution in [0.2, 0.25) is 0 Å². The van der Waals surface area contributed by atoms with E-state index in [0.717, 1.165) is 11.8 Å². The van der Waals surface area contributed by atoms with Crippen LogP contribution >= 0.6 is 0 Å². The summed E-state index contributed by atoms with van der Waals surface area (Å²) in [6.07, 6.45) is 10.8. The molecule has 1 aromatic rings. The van der Waals surface area contributed by atoms with Gasteiger partial charge in [-0.25, -0.2) is 0 Å². The van der Waals surface area contributed by atoms with E-state index in [9.17, 15) is 0 Å². The quantitative estimate of drug-likeness (QED) is 0.872. The standard InChI is InChI=1S/C16H26N2/c1-4-13-7-5-6-8-15(13)16(17-3)14-9-12(2)10-18-11-14/h9-11,13,15-17H,4-8H2,1-3H3. The van der Waals surface area contributed by atoms with Crippen molar-refractivity contribution in [3.8, 4) is 0 Å². The Morgan fingerprint density at radius 3 is 2.78 bits per heavy atom. The molecule has 2 heteroatoms. The van der Waals surface area contributed by atoms with Crippen LogP contribution in [0.15, 0.2) is 18.5 Å². The summed E-state index contributed by atoms with van der Waals surface area (Å²) in [5.41, 5.74) is 2.62. The lowest BCUT2D eigenvalue weighted by Gasteiger charge is -2.37. The predicted octanol–water partition coefficient (Wildman–Crippen LogP) is 3.87. The van der Waals surface area contributed by atoms with Crippen LogP contribution in [0.3, 0.4) is 0 Å². The number of rotatable bonds is 4. The number of nitrogens with zero attached hydrogens (tertiary/aromatic N) is 1. The molecule has 18 heavy (non-hydrogen) atoms. The van der Waals surface area contributed by atoms with E-state index in [0.29, 0.717) is 6.04 Å². The molecule has 1 saturated carbocycles. The monoisotopic (exact) mass is 246 g/mol. The molecule has 100 valence electrons. The third-order valence-corrected chi connectivity index (χ3v) is 4.49. The Hall–Kier alpha value is -0.890. The van der Waals surface area contributed by atoms with Crippen LogP contribution < -0.4 is 5.32 Å². The van der Waals surface area contributed by atoms with Gasteiger partial charge in [-0.3, -0.25) is 4.98 Å². The van der Waals surface area contributed by atoms with Crippen LogP contribution in [-0.4, -0.2) is 12.0 Å². The molecule has 0 bridgehead atoms. The van der Waals surface area contributed by atoms with Gasteiger partial charge in [0.2, 0.25) is 0 Å². The third-order valence-electron chi connectivity index (χ3n) is 4.49. The van der Waals surface area contributed by atoms with E-state index in [1.165, 1.54) is 43.2 Å². The maximum absolute atomic E-state index is 4.36. The highest BCUT2D eigenvalue weighted by Crippen LogP contribution is 2.40. The van der Waals surface area contributed by atoms with E-state index in [1.807, 2.05) is 12.4 Å². The van der Waals surface area contributed by atoms with Gasteiger partial charge in [-0.05, 0) is 43.4 Å². The second-order valence-electron chi connectivity index (χ2n) is 5.68. The van der Waals surface area contributed by atoms with Crippen LogP contribution in [0.25, 0.3) is 0 Å². The average molecular weight is 246 g/mol. The molecule has 0 saturated heterocycles. The Morgan fingerprint density at radius 1 is 1.33 bits per heavy atom. The molecule has 2 rings (SSSR count). The molecule has 1 N–H and O–H groups in total. The summed E-state index contributed by atoms with van der Waals surface area (Å²) < 4.78 is 0. The van der Waals surface area contributed by atoms with Crippen molar-refractivity contribution in [2.75, 3.05) is 7.05 Å². The number of hydrogen-bond acceptors (Lipinski definition) is 2. The van der Waals surface area contributed by atoms with Gasteiger partial charge in [0.05, 0.1) is 0 Å². The summed E-state index contributed by atoms with van der Waals surface area (Å²) in [7, 11) is 2.09. The lowest BCUT2D eigenvalue weighted by molar-refractivity contribution is 0.180. The van der Waals surface area contributed by atoms with Gasteiger partial charge in [0.1, 0.15) is 0 Å². The first-order valence-electron chi connectivity index (χ1n) is 7.35. The van der Waals surface area contributed by atoms with E-state index in [-0.39, 0.29) is 0 Å². The number of pyridine rings is 1. The van der Waals surface area contributed by atoms with Gasteiger partial charge < -0.3 is 5.32 Å². The van der Waals surface area contributed by atoms with Gasteiger partial charge in [0.15, 0.2) is 0 Å². The average Bonchev–Trinajstić information content (AvgIpc) is 2.40. The molecule has 0 spiro atoms. The SMILES string of the molecule is CCC1CCCCC1C(NC)c1cncc(C)c1. The molecular weight excluding hydrogens is 220 g/mol. The molecule has 1 aliphatic rings. The number of hydrogen-bond donors (Lipinski definition) is 1. The highest BCUT2D eigenvalue weighted by Gasteiger charge is 2.30. The second kappa shape index (κ2) is 6.33. The van der Waals surface area contributed by atoms with Crippen molar-refractivity contribution in [2.24, 2.45) is 11.8 Å². The minimum Gasteiger partial charge on any atom is -0.313 e. The van der Waals surface area contributed by atoms with Crippen molar-refractivity contribution < 1.29 is 0 Å². The molecule has 0 aromatic carbocycles. The number of aryl methyl sites for hydroxylation is 1. The van der Waals surface area contributed by atoms with Crippen molar-refractivity contribution in [2.45, 2.75) is 52.0 Å². The summed E-state index contributed by atoms with van der Waals surface area (Å²) >= 11 is 0. The molecule has 0 amide bonds. The Bertz CT molecular complexity index is 375. The fourth-order valence-electron chi connectivity index (χ4n) is 3.56. The van der Waals surface area contributed by atoms with Crippen LogP contribution in [0, 0.1) is 18.8 Å². The predicted molar refractivity (Wildman–Crippen MR) is 76.5 cm³/mol. The highest BCUT2D eigenvalue weighted by atomic mass is 14.9. The smallest absolute Gasteiger partial charge is 0.0364 e. The van der Waals surface area contributed by atoms with Gasteiger partial charge in [-0.15, -0.1) is 0 Å². The third kappa shape index (κ3) is 2.92. The van der Waals surface area contributed by atoms with E-state index >= 15 is 0 Å². The fraction of sp³-hybridized carbons (Fsp3) is 0.688. The summed E-state index contributed by atoms with van der Waals surface area (Å²) in [4.78, 5) is 4.36. The van der Waals surface area contributed by atoms with Gasteiger partial charge in [0.25, 0.3) is 0 Å². The first-order chi connectivity index (χ1) is 8.76. The van der Waals surface area contributed by atoms with Gasteiger partial charge in [-0.1, -0.05) is 38.7 Å². The molecule has 1 aromatic heterocycles. The molecule has 0 radical (unpaired) electrons. The van der Waals surface area contributed by atoms with Crippen LogP contribution in [0.1, 0.15) is 56.2 Å². The van der Waals surface area contributed by atoms with E-state index in [4.69, 9.17) is 0 Å². The van der Waals surface area contributed by atoms with Crippen molar-refractivity contribution in [3.05, 3.63) is 29.6 Å². The molecule has 1 aliphatic carbocycles. The molecule has 1 heterocycles. The second-order valence-corrected chi connectivity index (χ2v) is 5.68. The topological polar surface area (TPSA) is 24.9 Å². The Kier molecular flexibility index (Phi) is 4.76. The molecule has 3 atom stereocenters. The van der Waals surface area contributed by atoms with Crippen molar-refractivity contribution in [1.29, 1.82) is 0 Å². The van der Waals surface area contributed by atoms with Crippen molar-refractivity contribution in [1.82, 2.24) is 10.3 Å². The van der Waals surface area contributed by atoms with Crippen LogP contribution in [-0.2, 0) is 0 Å². The normalized spacial score (nSPS) is 25.9. The summed E-state index contributed by atoms with van der Waals surface area (Å²) in [5.74, 6) is 1.65. The minimum atomic E-state index is 0.475. The first kappa shape index (κ1) is 13.5. The van der Waals surface area contributed by atoms with E-state index in [2.05, 4.69) is 37.3 Å². The zero-order valence-electron chi connectivity index (χ0n) is 11.9. The molecular formula is C16H26N2. The molecule has 0 aliphatic heterocycles. The number of nitrogens with one attached hydrogen (secondary N) is 1. The zero-order valence-corrected chi connectivity index (χ0v) is 11.9. The number of aromatic nitrogens is 1. The largest absolute Gasteiger partial charge is 0.313 e. The Morgan fingerprint density at radius 2 is 2.11 bits per heavy atom. The highest BCUT2D eigenvalue weighted by molar-refractivity contribution is 5.21. The maximum Gasteiger partial charge on any atom is 0.0364 e. The summed E-state index contributed by atoms with van der Waals surface area (Å²) in [6.45, 7) is 4.46. The molecule has 3 unspecified atom stereocenters. The lowest BCUT2D eigenvalue weighted by Crippen LogP contribution is -2.32. The Labute approximate surface area is 111 Å². The summed E-state index contributed by atoms with van der Waals surface area (Å²) in [6, 6.07) is 2.76. The molecule has 2 nitrogen and oxygen atoms in total. The lowest BCUT2D eigenvalue weighted by atomic mass is 9.72. The van der Waals surface area contributed by atoms with Gasteiger partial charge in [0, 0.05) is 18.4 Å². The van der Waals surface area contributed by atoms with Crippen LogP contribution in [0.4, 0.5) is 0 Å².